The molecule has 1 aromatic heterocycles. The van der Waals surface area contributed by atoms with Crippen LogP contribution in [0.5, 0.6) is 11.5 Å². The van der Waals surface area contributed by atoms with E-state index < -0.39 is 12.0 Å². The van der Waals surface area contributed by atoms with Crippen molar-refractivity contribution in [3.8, 4) is 11.5 Å². The zero-order valence-corrected chi connectivity index (χ0v) is 18.3. The van der Waals surface area contributed by atoms with Gasteiger partial charge in [0, 0.05) is 23.7 Å². The number of amides is 2. The number of H-pyrrole nitrogens is 1. The quantitative estimate of drug-likeness (QED) is 0.458. The molecule has 2 atom stereocenters. The predicted octanol–water partition coefficient (Wildman–Crippen LogP) is 3.02. The number of hydrogen-bond acceptors (Lipinski definition) is 7. The van der Waals surface area contributed by atoms with Crippen molar-refractivity contribution in [2.75, 3.05) is 11.9 Å². The van der Waals surface area contributed by atoms with Crippen LogP contribution in [0, 0.1) is 6.92 Å². The van der Waals surface area contributed by atoms with Gasteiger partial charge in [0.05, 0.1) is 5.56 Å². The number of aryl methyl sites for hydroxylation is 1. The van der Waals surface area contributed by atoms with E-state index in [1.165, 1.54) is 6.07 Å². The molecular formula is C22H28N4O6. The summed E-state index contributed by atoms with van der Waals surface area (Å²) in [5.41, 5.74) is 1.54. The van der Waals surface area contributed by atoms with E-state index in [1.807, 2.05) is 13.8 Å². The Kier molecular flexibility index (Phi) is 7.34. The summed E-state index contributed by atoms with van der Waals surface area (Å²) in [5, 5.41) is 22.2. The summed E-state index contributed by atoms with van der Waals surface area (Å²) in [6.07, 6.45) is 2.17. The average Bonchev–Trinajstić information content (AvgIpc) is 3.34. The maximum absolute atomic E-state index is 12.2. The number of aromatic hydroxyl groups is 1. The molecule has 0 unspecified atom stereocenters. The second-order valence-corrected chi connectivity index (χ2v) is 8.20. The van der Waals surface area contributed by atoms with E-state index in [1.54, 1.807) is 19.1 Å². The Morgan fingerprint density at radius 1 is 1.31 bits per heavy atom. The highest BCUT2D eigenvalue weighted by atomic mass is 16.6. The molecule has 0 spiro atoms. The second-order valence-electron chi connectivity index (χ2n) is 8.20. The van der Waals surface area contributed by atoms with Gasteiger partial charge in [0.25, 0.3) is 5.91 Å². The standard InChI is InChI=1S/C22H28N4O6/c1-12(2)23-22(30)32-15-5-4-14(8-15)17-9-20(26-25-17)24-21(29)11-31-19-7-13(3)6-18(28)16(19)10-27/h6-7,9-10,12,14-15,28H,4-5,8,11H2,1-3H3,(H,23,30)(H2,24,25,26,29)/t14-,15+/m0/s1. The number of aromatic amines is 1. The Balaban J connectivity index is 1.51. The topological polar surface area (TPSA) is 143 Å². The fraction of sp³-hybridized carbons (Fsp3) is 0.455. The molecular weight excluding hydrogens is 416 g/mol. The van der Waals surface area contributed by atoms with Crippen molar-refractivity contribution in [1.29, 1.82) is 0 Å². The van der Waals surface area contributed by atoms with Crippen LogP contribution in [-0.4, -0.2) is 52.3 Å². The number of benzene rings is 1. The smallest absolute Gasteiger partial charge is 0.407 e. The first-order chi connectivity index (χ1) is 15.2. The van der Waals surface area contributed by atoms with Gasteiger partial charge >= 0.3 is 6.09 Å². The molecule has 0 aliphatic heterocycles. The van der Waals surface area contributed by atoms with Gasteiger partial charge in [-0.3, -0.25) is 14.7 Å². The molecule has 0 saturated heterocycles. The summed E-state index contributed by atoms with van der Waals surface area (Å²) in [6.45, 7) is 5.13. The van der Waals surface area contributed by atoms with E-state index in [0.717, 1.165) is 18.5 Å². The molecule has 1 fully saturated rings. The zero-order valence-electron chi connectivity index (χ0n) is 18.3. The molecule has 3 rings (SSSR count). The van der Waals surface area contributed by atoms with E-state index in [0.29, 0.717) is 24.1 Å². The molecule has 1 aromatic carbocycles. The summed E-state index contributed by atoms with van der Waals surface area (Å²) >= 11 is 0. The first-order valence-corrected chi connectivity index (χ1v) is 10.5. The molecule has 1 aliphatic rings. The highest BCUT2D eigenvalue weighted by molar-refractivity contribution is 5.91. The van der Waals surface area contributed by atoms with Crippen LogP contribution >= 0.6 is 0 Å². The van der Waals surface area contributed by atoms with Crippen molar-refractivity contribution in [3.05, 3.63) is 35.0 Å². The molecule has 4 N–H and O–H groups in total. The molecule has 1 heterocycles. The van der Waals surface area contributed by atoms with Crippen LogP contribution < -0.4 is 15.4 Å². The monoisotopic (exact) mass is 444 g/mol. The lowest BCUT2D eigenvalue weighted by Crippen LogP contribution is -2.33. The molecule has 2 amide bonds. The third-order valence-corrected chi connectivity index (χ3v) is 5.11. The Morgan fingerprint density at radius 2 is 2.09 bits per heavy atom. The van der Waals surface area contributed by atoms with E-state index in [-0.39, 0.29) is 41.7 Å². The average molecular weight is 444 g/mol. The maximum Gasteiger partial charge on any atom is 0.407 e. The van der Waals surface area contributed by atoms with Gasteiger partial charge in [0.1, 0.15) is 17.6 Å². The minimum Gasteiger partial charge on any atom is -0.507 e. The highest BCUT2D eigenvalue weighted by Gasteiger charge is 2.30. The predicted molar refractivity (Wildman–Crippen MR) is 116 cm³/mol. The SMILES string of the molecule is Cc1cc(O)c(C=O)c(OCC(=O)Nc2cc([C@H]3CC[C@@H](OC(=O)NC(C)C)C3)[nH]n2)c1. The highest BCUT2D eigenvalue weighted by Crippen LogP contribution is 2.36. The van der Waals surface area contributed by atoms with Gasteiger partial charge in [-0.05, 0) is 57.7 Å². The van der Waals surface area contributed by atoms with Crippen LogP contribution in [0.2, 0.25) is 0 Å². The first-order valence-electron chi connectivity index (χ1n) is 10.5. The minimum atomic E-state index is -0.459. The van der Waals surface area contributed by atoms with Crippen LogP contribution in [0.15, 0.2) is 18.2 Å². The minimum absolute atomic E-state index is 0.00876. The van der Waals surface area contributed by atoms with Gasteiger partial charge < -0.3 is 25.2 Å². The van der Waals surface area contributed by atoms with E-state index in [4.69, 9.17) is 9.47 Å². The van der Waals surface area contributed by atoms with Crippen LogP contribution in [0.3, 0.4) is 0 Å². The molecule has 32 heavy (non-hydrogen) atoms. The van der Waals surface area contributed by atoms with Gasteiger partial charge in [-0.2, -0.15) is 5.10 Å². The molecule has 10 nitrogen and oxygen atoms in total. The Labute approximate surface area is 185 Å². The lowest BCUT2D eigenvalue weighted by molar-refractivity contribution is -0.118. The third-order valence-electron chi connectivity index (χ3n) is 5.11. The summed E-state index contributed by atoms with van der Waals surface area (Å²) < 4.78 is 10.9. The van der Waals surface area contributed by atoms with E-state index in [9.17, 15) is 19.5 Å². The van der Waals surface area contributed by atoms with Gasteiger partial charge in [0.15, 0.2) is 18.7 Å². The number of nitrogens with one attached hydrogen (secondary N) is 3. The van der Waals surface area contributed by atoms with E-state index >= 15 is 0 Å². The molecule has 2 aromatic rings. The number of phenolic OH excluding ortho intramolecular Hbond substituents is 1. The number of nitrogens with zero attached hydrogens (tertiary/aromatic N) is 1. The van der Waals surface area contributed by atoms with Gasteiger partial charge in [-0.1, -0.05) is 0 Å². The fourth-order valence-electron chi connectivity index (χ4n) is 3.67. The number of alkyl carbamates (subject to hydrolysis) is 1. The maximum atomic E-state index is 12.2. The van der Waals surface area contributed by atoms with Crippen LogP contribution in [0.4, 0.5) is 10.6 Å². The lowest BCUT2D eigenvalue weighted by Gasteiger charge is -2.14. The first kappa shape index (κ1) is 23.1. The Morgan fingerprint density at radius 3 is 2.81 bits per heavy atom. The van der Waals surface area contributed by atoms with Gasteiger partial charge in [0.2, 0.25) is 0 Å². The van der Waals surface area contributed by atoms with Crippen molar-refractivity contribution >= 4 is 24.1 Å². The third kappa shape index (κ3) is 5.99. The van der Waals surface area contributed by atoms with Gasteiger partial charge in [-0.15, -0.1) is 0 Å². The summed E-state index contributed by atoms with van der Waals surface area (Å²) in [7, 11) is 0. The second kappa shape index (κ2) is 10.2. The van der Waals surface area contributed by atoms with Crippen molar-refractivity contribution in [3.63, 3.8) is 0 Å². The van der Waals surface area contributed by atoms with Crippen molar-refractivity contribution < 1.29 is 29.0 Å². The van der Waals surface area contributed by atoms with E-state index in [2.05, 4.69) is 20.8 Å². The molecule has 172 valence electrons. The molecule has 1 saturated carbocycles. The number of carbonyl (C=O) groups excluding carboxylic acids is 3. The number of rotatable bonds is 8. The van der Waals surface area contributed by atoms with Crippen molar-refractivity contribution in [1.82, 2.24) is 15.5 Å². The normalized spacial score (nSPS) is 17.8. The largest absolute Gasteiger partial charge is 0.507 e. The van der Waals surface area contributed by atoms with Crippen LogP contribution in [0.25, 0.3) is 0 Å². The summed E-state index contributed by atoms with van der Waals surface area (Å²) in [5.74, 6) is -0.0365. The Hall–Kier alpha value is -3.56. The number of hydrogen-bond donors (Lipinski definition) is 4. The number of carbonyl (C=O) groups is 3. The van der Waals surface area contributed by atoms with Crippen molar-refractivity contribution in [2.45, 2.75) is 58.1 Å². The van der Waals surface area contributed by atoms with Crippen LogP contribution in [-0.2, 0) is 9.53 Å². The molecule has 10 heteroatoms. The molecule has 1 aliphatic carbocycles. The van der Waals surface area contributed by atoms with Gasteiger partial charge in [-0.25, -0.2) is 4.79 Å². The number of aromatic nitrogens is 2. The fourth-order valence-corrected chi connectivity index (χ4v) is 3.67. The number of ether oxygens (including phenoxy) is 2. The number of phenols is 1. The Bertz CT molecular complexity index is 987. The number of anilines is 1. The summed E-state index contributed by atoms with van der Waals surface area (Å²) in [4.78, 5) is 35.2. The molecule has 0 bridgehead atoms. The lowest BCUT2D eigenvalue weighted by atomic mass is 10.0. The molecule has 0 radical (unpaired) electrons. The summed E-state index contributed by atoms with van der Waals surface area (Å²) in [6, 6.07) is 4.78. The van der Waals surface area contributed by atoms with Crippen LogP contribution in [0.1, 0.15) is 60.6 Å². The van der Waals surface area contributed by atoms with Crippen molar-refractivity contribution in [2.24, 2.45) is 0 Å². The number of aldehydes is 1. The zero-order chi connectivity index (χ0) is 23.3.